The summed E-state index contributed by atoms with van der Waals surface area (Å²) in [6.45, 7) is 0.891. The summed E-state index contributed by atoms with van der Waals surface area (Å²) in [7, 11) is 1.93. The van der Waals surface area contributed by atoms with Crippen LogP contribution in [-0.2, 0) is 12.8 Å². The van der Waals surface area contributed by atoms with E-state index in [1.807, 2.05) is 7.05 Å². The first-order valence-electron chi connectivity index (χ1n) is 5.92. The number of hydrogen-bond acceptors (Lipinski definition) is 5. The van der Waals surface area contributed by atoms with Gasteiger partial charge in [-0.05, 0) is 37.3 Å². The van der Waals surface area contributed by atoms with Crippen molar-refractivity contribution >= 4 is 11.8 Å². The van der Waals surface area contributed by atoms with Gasteiger partial charge in [0, 0.05) is 19.4 Å². The van der Waals surface area contributed by atoms with Gasteiger partial charge in [0.05, 0.1) is 0 Å². The Hall–Kier alpha value is -0.550. The Kier molecular flexibility index (Phi) is 4.66. The summed E-state index contributed by atoms with van der Waals surface area (Å²) >= 11 is 2.05. The summed E-state index contributed by atoms with van der Waals surface area (Å²) in [5.41, 5.74) is 0. The maximum absolute atomic E-state index is 5.62. The molecule has 1 aliphatic heterocycles. The minimum atomic E-state index is 0.749. The van der Waals surface area contributed by atoms with Crippen LogP contribution in [0.15, 0.2) is 4.42 Å². The van der Waals surface area contributed by atoms with Crippen LogP contribution in [0.5, 0.6) is 0 Å². The van der Waals surface area contributed by atoms with Gasteiger partial charge < -0.3 is 9.73 Å². The zero-order valence-corrected chi connectivity index (χ0v) is 10.6. The van der Waals surface area contributed by atoms with E-state index < -0.39 is 0 Å². The Morgan fingerprint density at radius 2 is 2.06 bits per heavy atom. The highest BCUT2D eigenvalue weighted by atomic mass is 32.2. The Morgan fingerprint density at radius 3 is 2.81 bits per heavy atom. The lowest BCUT2D eigenvalue weighted by atomic mass is 9.99. The predicted octanol–water partition coefficient (Wildman–Crippen LogP) is 1.52. The van der Waals surface area contributed by atoms with Gasteiger partial charge in [-0.1, -0.05) is 0 Å². The molecule has 16 heavy (non-hydrogen) atoms. The second-order valence-corrected chi connectivity index (χ2v) is 5.43. The Balaban J connectivity index is 1.81. The van der Waals surface area contributed by atoms with Gasteiger partial charge in [0.25, 0.3) is 0 Å². The monoisotopic (exact) mass is 241 g/mol. The van der Waals surface area contributed by atoms with E-state index in [0.29, 0.717) is 0 Å². The molecule has 4 nitrogen and oxygen atoms in total. The number of nitrogens with zero attached hydrogens (tertiary/aromatic N) is 2. The van der Waals surface area contributed by atoms with Crippen LogP contribution in [0, 0.1) is 5.92 Å². The molecule has 1 fully saturated rings. The third-order valence-corrected chi connectivity index (χ3v) is 3.95. The van der Waals surface area contributed by atoms with E-state index >= 15 is 0 Å². The van der Waals surface area contributed by atoms with Crippen molar-refractivity contribution < 1.29 is 4.42 Å². The molecule has 1 aliphatic rings. The molecule has 0 spiro atoms. The molecule has 0 atom stereocenters. The van der Waals surface area contributed by atoms with Crippen LogP contribution in [0.1, 0.15) is 24.6 Å². The van der Waals surface area contributed by atoms with E-state index in [-0.39, 0.29) is 0 Å². The molecule has 1 saturated heterocycles. The molecule has 0 bridgehead atoms. The highest BCUT2D eigenvalue weighted by Crippen LogP contribution is 2.25. The van der Waals surface area contributed by atoms with Crippen molar-refractivity contribution in [3.63, 3.8) is 0 Å². The lowest BCUT2D eigenvalue weighted by Crippen LogP contribution is -2.12. The van der Waals surface area contributed by atoms with Crippen LogP contribution in [0.3, 0.4) is 0 Å². The molecule has 1 aromatic rings. The maximum Gasteiger partial charge on any atom is 0.217 e. The molecule has 90 valence electrons. The lowest BCUT2D eigenvalue weighted by molar-refractivity contribution is 0.390. The zero-order chi connectivity index (χ0) is 11.2. The van der Waals surface area contributed by atoms with Gasteiger partial charge in [0.15, 0.2) is 0 Å². The van der Waals surface area contributed by atoms with Crippen LogP contribution in [0.4, 0.5) is 0 Å². The first-order chi connectivity index (χ1) is 7.88. The van der Waals surface area contributed by atoms with E-state index in [2.05, 4.69) is 27.3 Å². The number of thioether (sulfide) groups is 1. The third kappa shape index (κ3) is 3.49. The average Bonchev–Trinajstić information content (AvgIpc) is 2.75. The van der Waals surface area contributed by atoms with Crippen LogP contribution in [0.25, 0.3) is 0 Å². The van der Waals surface area contributed by atoms with E-state index in [9.17, 15) is 0 Å². The Morgan fingerprint density at radius 1 is 1.31 bits per heavy atom. The van der Waals surface area contributed by atoms with Crippen LogP contribution >= 0.6 is 11.8 Å². The van der Waals surface area contributed by atoms with Crippen molar-refractivity contribution in [3.05, 3.63) is 11.8 Å². The van der Waals surface area contributed by atoms with E-state index in [4.69, 9.17) is 4.42 Å². The predicted molar refractivity (Wildman–Crippen MR) is 65.7 cm³/mol. The fourth-order valence-electron chi connectivity index (χ4n) is 1.90. The zero-order valence-electron chi connectivity index (χ0n) is 9.74. The Bertz CT molecular complexity index is 310. The summed E-state index contributed by atoms with van der Waals surface area (Å²) in [6, 6.07) is 0. The van der Waals surface area contributed by atoms with E-state index in [0.717, 1.165) is 37.1 Å². The van der Waals surface area contributed by atoms with Gasteiger partial charge in [-0.2, -0.15) is 11.8 Å². The number of rotatable bonds is 5. The van der Waals surface area contributed by atoms with Gasteiger partial charge in [0.2, 0.25) is 11.8 Å². The molecule has 0 aromatic carbocycles. The number of aromatic nitrogens is 2. The summed E-state index contributed by atoms with van der Waals surface area (Å²) in [4.78, 5) is 0. The quantitative estimate of drug-likeness (QED) is 0.847. The van der Waals surface area contributed by atoms with Crippen molar-refractivity contribution in [3.8, 4) is 0 Å². The molecule has 0 radical (unpaired) electrons. The largest absolute Gasteiger partial charge is 0.425 e. The lowest BCUT2D eigenvalue weighted by Gasteiger charge is -2.19. The van der Waals surface area contributed by atoms with Crippen LogP contribution in [0.2, 0.25) is 0 Å². The van der Waals surface area contributed by atoms with Crippen molar-refractivity contribution in [2.75, 3.05) is 25.1 Å². The van der Waals surface area contributed by atoms with Gasteiger partial charge in [-0.15, -0.1) is 10.2 Å². The van der Waals surface area contributed by atoms with Gasteiger partial charge in [0.1, 0.15) is 0 Å². The SMILES string of the molecule is CNCCc1nnc(CC2CCSCC2)o1. The normalized spacial score (nSPS) is 17.8. The molecule has 0 amide bonds. The van der Waals surface area contributed by atoms with Gasteiger partial charge in [-0.3, -0.25) is 0 Å². The summed E-state index contributed by atoms with van der Waals surface area (Å²) in [5.74, 6) is 4.90. The van der Waals surface area contributed by atoms with Crippen molar-refractivity contribution in [2.24, 2.45) is 5.92 Å². The molecule has 2 heterocycles. The average molecular weight is 241 g/mol. The third-order valence-electron chi connectivity index (χ3n) is 2.90. The highest BCUT2D eigenvalue weighted by molar-refractivity contribution is 7.99. The van der Waals surface area contributed by atoms with Crippen molar-refractivity contribution in [2.45, 2.75) is 25.7 Å². The molecule has 0 saturated carbocycles. The molecule has 1 aromatic heterocycles. The second-order valence-electron chi connectivity index (χ2n) is 4.20. The first-order valence-corrected chi connectivity index (χ1v) is 7.07. The first kappa shape index (κ1) is 11.9. The van der Waals surface area contributed by atoms with Crippen molar-refractivity contribution in [1.29, 1.82) is 0 Å². The van der Waals surface area contributed by atoms with Crippen LogP contribution < -0.4 is 5.32 Å². The minimum absolute atomic E-state index is 0.749. The van der Waals surface area contributed by atoms with Gasteiger partial charge in [-0.25, -0.2) is 0 Å². The van der Waals surface area contributed by atoms with Crippen LogP contribution in [-0.4, -0.2) is 35.3 Å². The standard InChI is InChI=1S/C11H19N3OS/c1-12-5-2-10-13-14-11(15-10)8-9-3-6-16-7-4-9/h9,12H,2-8H2,1H3. The van der Waals surface area contributed by atoms with E-state index in [1.54, 1.807) is 0 Å². The number of hydrogen-bond donors (Lipinski definition) is 1. The summed E-state index contributed by atoms with van der Waals surface area (Å²) < 4.78 is 5.62. The highest BCUT2D eigenvalue weighted by Gasteiger charge is 2.17. The topological polar surface area (TPSA) is 51.0 Å². The van der Waals surface area contributed by atoms with Crippen molar-refractivity contribution in [1.82, 2.24) is 15.5 Å². The minimum Gasteiger partial charge on any atom is -0.425 e. The fourth-order valence-corrected chi connectivity index (χ4v) is 3.11. The second kappa shape index (κ2) is 6.25. The number of nitrogens with one attached hydrogen (secondary N) is 1. The maximum atomic E-state index is 5.62. The van der Waals surface area contributed by atoms with Gasteiger partial charge >= 0.3 is 0 Å². The summed E-state index contributed by atoms with van der Waals surface area (Å²) in [6.07, 6.45) is 4.37. The molecule has 2 rings (SSSR count). The molecular formula is C11H19N3OS. The molecular weight excluding hydrogens is 222 g/mol. The molecule has 0 unspecified atom stereocenters. The Labute approximate surface area is 101 Å². The number of likely N-dealkylation sites (N-methyl/N-ethyl adjacent to an activating group) is 1. The molecule has 1 N–H and O–H groups in total. The fraction of sp³-hybridized carbons (Fsp3) is 0.818. The summed E-state index contributed by atoms with van der Waals surface area (Å²) in [5, 5.41) is 11.2. The smallest absolute Gasteiger partial charge is 0.217 e. The van der Waals surface area contributed by atoms with E-state index in [1.165, 1.54) is 24.3 Å². The molecule has 0 aliphatic carbocycles. The molecule has 5 heteroatoms.